The van der Waals surface area contributed by atoms with E-state index in [1.54, 1.807) is 11.3 Å². The zero-order chi connectivity index (χ0) is 19.3. The van der Waals surface area contributed by atoms with Crippen molar-refractivity contribution < 1.29 is 9.59 Å². The van der Waals surface area contributed by atoms with Gasteiger partial charge in [0.05, 0.1) is 6.04 Å². The van der Waals surface area contributed by atoms with Crippen LogP contribution in [-0.4, -0.2) is 23.3 Å². The average Bonchev–Trinajstić information content (AvgIpc) is 3.46. The maximum absolute atomic E-state index is 12.4. The molecule has 4 rings (SSSR count). The predicted octanol–water partition coefficient (Wildman–Crippen LogP) is 4.21. The topological polar surface area (TPSA) is 71.1 Å². The summed E-state index contributed by atoms with van der Waals surface area (Å²) in [6.45, 7) is 0.818. The van der Waals surface area contributed by atoms with E-state index in [1.807, 2.05) is 11.6 Å². The van der Waals surface area contributed by atoms with Crippen LogP contribution in [-0.2, 0) is 9.59 Å². The third-order valence-electron chi connectivity index (χ3n) is 6.87. The fraction of sp³-hybridized carbons (Fsp3) is 0.773. The molecule has 0 spiro atoms. The zero-order valence-corrected chi connectivity index (χ0v) is 17.5. The van der Waals surface area contributed by atoms with Crippen LogP contribution in [0.2, 0.25) is 0 Å². The second kappa shape index (κ2) is 9.38. The quantitative estimate of drug-likeness (QED) is 0.716. The molecule has 3 fully saturated rings. The van der Waals surface area contributed by atoms with E-state index in [4.69, 9.17) is 0 Å². The Kier molecular flexibility index (Phi) is 6.65. The fourth-order valence-corrected chi connectivity index (χ4v) is 5.65. The Hall–Kier alpha value is -1.43. The second-order valence-electron chi connectivity index (χ2n) is 8.99. The lowest BCUT2D eigenvalue weighted by molar-refractivity contribution is -0.126. The lowest BCUT2D eigenvalue weighted by Crippen LogP contribution is -2.39. The monoisotopic (exact) mass is 403 g/mol. The van der Waals surface area contributed by atoms with Gasteiger partial charge in [-0.05, 0) is 63.2 Å². The zero-order valence-electron chi connectivity index (χ0n) is 16.7. The van der Waals surface area contributed by atoms with Gasteiger partial charge in [-0.3, -0.25) is 9.59 Å². The average molecular weight is 404 g/mol. The van der Waals surface area contributed by atoms with Crippen molar-refractivity contribution in [1.29, 1.82) is 0 Å². The van der Waals surface area contributed by atoms with Crippen LogP contribution < -0.4 is 10.6 Å². The first-order valence-corrected chi connectivity index (χ1v) is 12.1. The van der Waals surface area contributed by atoms with Crippen molar-refractivity contribution in [3.8, 4) is 0 Å². The van der Waals surface area contributed by atoms with E-state index in [-0.39, 0.29) is 29.7 Å². The molecule has 0 saturated heterocycles. The molecule has 1 aromatic heterocycles. The molecule has 6 heteroatoms. The van der Waals surface area contributed by atoms with Gasteiger partial charge in [-0.25, -0.2) is 4.98 Å². The summed E-state index contributed by atoms with van der Waals surface area (Å²) >= 11 is 1.65. The molecule has 0 aromatic carbocycles. The number of amides is 2. The minimum atomic E-state index is 0.0610. The van der Waals surface area contributed by atoms with Crippen molar-refractivity contribution in [3.05, 3.63) is 16.6 Å². The molecule has 3 saturated carbocycles. The number of hydrogen-bond acceptors (Lipinski definition) is 4. The molecular weight excluding hydrogens is 370 g/mol. The normalized spacial score (nSPS) is 27.1. The fourth-order valence-electron chi connectivity index (χ4n) is 4.87. The van der Waals surface area contributed by atoms with Crippen LogP contribution in [0.15, 0.2) is 11.6 Å². The first-order chi connectivity index (χ1) is 13.7. The van der Waals surface area contributed by atoms with Crippen LogP contribution in [0.4, 0.5) is 0 Å². The molecule has 0 unspecified atom stereocenters. The highest BCUT2D eigenvalue weighted by Gasteiger charge is 2.36. The number of thiazole rings is 1. The van der Waals surface area contributed by atoms with Gasteiger partial charge in [0.2, 0.25) is 11.8 Å². The molecule has 1 aromatic rings. The van der Waals surface area contributed by atoms with Crippen LogP contribution >= 0.6 is 11.3 Å². The van der Waals surface area contributed by atoms with Gasteiger partial charge in [0.15, 0.2) is 0 Å². The standard InChI is InChI=1S/C22H33N3O2S/c26-20(17-4-2-1-3-5-17)24-14-15-6-8-16(9-7-15)19(22-23-12-13-28-22)25-21(27)18-10-11-18/h12-13,15-19H,1-11,14H2,(H,24,26)(H,25,27)/t15?,16?,19-/m0/s1. The Bertz CT molecular complexity index is 645. The summed E-state index contributed by atoms with van der Waals surface area (Å²) in [7, 11) is 0. The molecule has 5 nitrogen and oxygen atoms in total. The summed E-state index contributed by atoms with van der Waals surface area (Å²) in [6.07, 6.45) is 14.2. The van der Waals surface area contributed by atoms with E-state index >= 15 is 0 Å². The maximum Gasteiger partial charge on any atom is 0.223 e. The second-order valence-corrected chi connectivity index (χ2v) is 9.92. The van der Waals surface area contributed by atoms with Gasteiger partial charge in [0, 0.05) is 30.0 Å². The Morgan fingerprint density at radius 1 is 0.964 bits per heavy atom. The van der Waals surface area contributed by atoms with E-state index < -0.39 is 0 Å². The predicted molar refractivity (Wildman–Crippen MR) is 111 cm³/mol. The van der Waals surface area contributed by atoms with E-state index in [1.165, 1.54) is 19.3 Å². The van der Waals surface area contributed by atoms with Gasteiger partial charge in [-0.15, -0.1) is 11.3 Å². The lowest BCUT2D eigenvalue weighted by Gasteiger charge is -2.34. The van der Waals surface area contributed by atoms with Crippen molar-refractivity contribution in [3.63, 3.8) is 0 Å². The summed E-state index contributed by atoms with van der Waals surface area (Å²) in [5.74, 6) is 1.99. The minimum absolute atomic E-state index is 0.0610. The van der Waals surface area contributed by atoms with E-state index in [9.17, 15) is 9.59 Å². The van der Waals surface area contributed by atoms with Gasteiger partial charge in [-0.1, -0.05) is 19.3 Å². The molecule has 0 aliphatic heterocycles. The van der Waals surface area contributed by atoms with Crippen LogP contribution in [0.1, 0.15) is 81.7 Å². The number of rotatable bonds is 7. The molecule has 0 bridgehead atoms. The van der Waals surface area contributed by atoms with Crippen LogP contribution in [0.3, 0.4) is 0 Å². The molecular formula is C22H33N3O2S. The first kappa shape index (κ1) is 19.9. The molecule has 28 heavy (non-hydrogen) atoms. The molecule has 1 atom stereocenters. The van der Waals surface area contributed by atoms with Crippen molar-refractivity contribution >= 4 is 23.2 Å². The highest BCUT2D eigenvalue weighted by molar-refractivity contribution is 7.09. The van der Waals surface area contributed by atoms with Crippen molar-refractivity contribution in [2.24, 2.45) is 23.7 Å². The van der Waals surface area contributed by atoms with E-state index in [0.717, 1.165) is 62.9 Å². The van der Waals surface area contributed by atoms with Crippen LogP contribution in [0.25, 0.3) is 0 Å². The largest absolute Gasteiger partial charge is 0.356 e. The van der Waals surface area contributed by atoms with Gasteiger partial charge in [0.1, 0.15) is 5.01 Å². The summed E-state index contributed by atoms with van der Waals surface area (Å²) < 4.78 is 0. The Morgan fingerprint density at radius 2 is 1.68 bits per heavy atom. The molecule has 3 aliphatic carbocycles. The number of carbonyl (C=O) groups excluding carboxylic acids is 2. The molecule has 3 aliphatic rings. The Balaban J connectivity index is 1.25. The lowest BCUT2D eigenvalue weighted by atomic mass is 9.78. The summed E-state index contributed by atoms with van der Waals surface area (Å²) in [6, 6.07) is 0.0610. The molecule has 1 heterocycles. The molecule has 154 valence electrons. The van der Waals surface area contributed by atoms with Crippen molar-refractivity contribution in [1.82, 2.24) is 15.6 Å². The third kappa shape index (κ3) is 5.13. The minimum Gasteiger partial charge on any atom is -0.356 e. The highest BCUT2D eigenvalue weighted by atomic mass is 32.1. The Labute approximate surface area is 172 Å². The summed E-state index contributed by atoms with van der Waals surface area (Å²) in [5, 5.41) is 9.57. The highest BCUT2D eigenvalue weighted by Crippen LogP contribution is 2.39. The number of aromatic nitrogens is 1. The molecule has 2 N–H and O–H groups in total. The molecule has 2 amide bonds. The van der Waals surface area contributed by atoms with E-state index in [0.29, 0.717) is 11.8 Å². The van der Waals surface area contributed by atoms with Gasteiger partial charge in [0.25, 0.3) is 0 Å². The van der Waals surface area contributed by atoms with Gasteiger partial charge >= 0.3 is 0 Å². The first-order valence-electron chi connectivity index (χ1n) is 11.2. The maximum atomic E-state index is 12.4. The van der Waals surface area contributed by atoms with Crippen LogP contribution in [0, 0.1) is 23.7 Å². The summed E-state index contributed by atoms with van der Waals surface area (Å²) in [5.41, 5.74) is 0. The number of nitrogens with zero attached hydrogens (tertiary/aromatic N) is 1. The van der Waals surface area contributed by atoms with Crippen molar-refractivity contribution in [2.45, 2.75) is 76.7 Å². The smallest absolute Gasteiger partial charge is 0.223 e. The van der Waals surface area contributed by atoms with Crippen molar-refractivity contribution in [2.75, 3.05) is 6.54 Å². The number of hydrogen-bond donors (Lipinski definition) is 2. The Morgan fingerprint density at radius 3 is 2.32 bits per heavy atom. The van der Waals surface area contributed by atoms with Crippen LogP contribution in [0.5, 0.6) is 0 Å². The molecule has 0 radical (unpaired) electrons. The number of carbonyl (C=O) groups is 2. The number of nitrogens with one attached hydrogen (secondary N) is 2. The van der Waals surface area contributed by atoms with Gasteiger partial charge in [-0.2, -0.15) is 0 Å². The van der Waals surface area contributed by atoms with Gasteiger partial charge < -0.3 is 10.6 Å². The third-order valence-corrected chi connectivity index (χ3v) is 7.73. The SMILES string of the molecule is O=C(NCC1CCC([C@H](NC(=O)C2CC2)c2nccs2)CC1)C1CCCCC1. The summed E-state index contributed by atoms with van der Waals surface area (Å²) in [4.78, 5) is 29.3. The van der Waals surface area contributed by atoms with E-state index in [2.05, 4.69) is 15.6 Å².